The van der Waals surface area contributed by atoms with E-state index in [2.05, 4.69) is 57.3 Å². The second-order valence-corrected chi connectivity index (χ2v) is 15.8. The molecule has 1 spiro atoms. The van der Waals surface area contributed by atoms with Crippen molar-refractivity contribution in [1.29, 1.82) is 0 Å². The van der Waals surface area contributed by atoms with Crippen LogP contribution in [0, 0.1) is 23.2 Å². The third-order valence-electron chi connectivity index (χ3n) is 9.78. The van der Waals surface area contributed by atoms with Crippen LogP contribution in [0.5, 0.6) is 0 Å². The van der Waals surface area contributed by atoms with Crippen molar-refractivity contribution in [3.05, 3.63) is 41.5 Å². The van der Waals surface area contributed by atoms with E-state index < -0.39 is 14.1 Å². The molecule has 5 atom stereocenters. The fourth-order valence-electron chi connectivity index (χ4n) is 7.92. The van der Waals surface area contributed by atoms with Crippen molar-refractivity contribution in [2.75, 3.05) is 13.2 Å². The molecule has 3 aliphatic carbocycles. The van der Waals surface area contributed by atoms with Crippen LogP contribution in [0.25, 0.3) is 0 Å². The molecular weight excluding hydrogens is 440 g/mol. The van der Waals surface area contributed by atoms with Gasteiger partial charge in [0.15, 0.2) is 5.79 Å². The minimum Gasteiger partial charge on any atom is -0.410 e. The summed E-state index contributed by atoms with van der Waals surface area (Å²) in [5.41, 5.74) is 3.30. The zero-order chi connectivity index (χ0) is 24.0. The van der Waals surface area contributed by atoms with E-state index in [1.165, 1.54) is 23.6 Å². The topological polar surface area (TPSA) is 44.8 Å². The average molecular weight is 483 g/mol. The molecule has 2 saturated carbocycles. The van der Waals surface area contributed by atoms with Gasteiger partial charge in [0.2, 0.25) is 8.32 Å². The number of fused-ring (bicyclic) bond motifs is 3. The lowest BCUT2D eigenvalue weighted by atomic mass is 9.47. The van der Waals surface area contributed by atoms with Crippen LogP contribution in [0.2, 0.25) is 13.1 Å². The molecule has 5 heteroatoms. The summed E-state index contributed by atoms with van der Waals surface area (Å²) >= 11 is 0. The Morgan fingerprint density at radius 1 is 1.12 bits per heavy atom. The van der Waals surface area contributed by atoms with E-state index in [1.54, 1.807) is 5.57 Å². The Balaban J connectivity index is 1.51. The molecule has 1 aliphatic heterocycles. The maximum Gasteiger partial charge on any atom is 0.218 e. The van der Waals surface area contributed by atoms with Crippen LogP contribution in [0.15, 0.2) is 41.5 Å². The Labute approximate surface area is 206 Å². The van der Waals surface area contributed by atoms with Gasteiger partial charge in [-0.05, 0) is 80.5 Å². The molecule has 1 heterocycles. The second-order valence-electron chi connectivity index (χ2n) is 12.0. The summed E-state index contributed by atoms with van der Waals surface area (Å²) in [5, 5.41) is 1.36. The van der Waals surface area contributed by atoms with Crippen LogP contribution in [0.4, 0.5) is 0 Å². The summed E-state index contributed by atoms with van der Waals surface area (Å²) in [6.07, 6.45) is 9.40. The van der Waals surface area contributed by atoms with Crippen molar-refractivity contribution in [3.8, 4) is 0 Å². The molecule has 1 aromatic carbocycles. The van der Waals surface area contributed by atoms with Crippen molar-refractivity contribution in [3.63, 3.8) is 0 Å². The van der Waals surface area contributed by atoms with Crippen molar-refractivity contribution in [1.82, 2.24) is 0 Å². The molecule has 0 amide bonds. The van der Waals surface area contributed by atoms with E-state index in [1.807, 2.05) is 0 Å². The monoisotopic (exact) mass is 482 g/mol. The fourth-order valence-corrected chi connectivity index (χ4v) is 10.1. The number of rotatable bonds is 6. The normalized spacial score (nSPS) is 35.2. The van der Waals surface area contributed by atoms with Gasteiger partial charge in [0, 0.05) is 25.4 Å². The Bertz CT molecular complexity index is 919. The van der Waals surface area contributed by atoms with Crippen LogP contribution >= 0.6 is 0 Å². The number of hydrogen-bond donors (Lipinski definition) is 0. The van der Waals surface area contributed by atoms with Crippen molar-refractivity contribution in [2.24, 2.45) is 23.2 Å². The van der Waals surface area contributed by atoms with Gasteiger partial charge in [0.1, 0.15) is 6.29 Å². The fraction of sp³-hybridized carbons (Fsp3) is 0.690. The van der Waals surface area contributed by atoms with Crippen LogP contribution in [0.1, 0.15) is 65.2 Å². The SMILES string of the molecule is CC1=C(CCC=O)[C@@H]2C[C@@H](O[Si](C)(C)c3ccccc3)[C@@H]3CC4(CC[C@]3(C)[C@H]2CC1)OCCO4. The van der Waals surface area contributed by atoms with Gasteiger partial charge in [0.05, 0.1) is 13.2 Å². The Hall–Kier alpha value is -1.27. The highest BCUT2D eigenvalue weighted by Gasteiger charge is 2.60. The molecule has 0 bridgehead atoms. The Morgan fingerprint density at radius 2 is 1.85 bits per heavy atom. The van der Waals surface area contributed by atoms with E-state index >= 15 is 0 Å². The molecule has 5 rings (SSSR count). The van der Waals surface area contributed by atoms with Crippen LogP contribution < -0.4 is 5.19 Å². The first-order chi connectivity index (χ1) is 16.3. The van der Waals surface area contributed by atoms with E-state index in [9.17, 15) is 4.79 Å². The highest BCUT2D eigenvalue weighted by atomic mass is 28.4. The maximum absolute atomic E-state index is 11.3. The van der Waals surface area contributed by atoms with Gasteiger partial charge in [-0.3, -0.25) is 0 Å². The zero-order valence-corrected chi connectivity index (χ0v) is 22.5. The van der Waals surface area contributed by atoms with Gasteiger partial charge in [-0.2, -0.15) is 0 Å². The van der Waals surface area contributed by atoms with Gasteiger partial charge in [-0.1, -0.05) is 48.4 Å². The van der Waals surface area contributed by atoms with Gasteiger partial charge in [0.25, 0.3) is 0 Å². The number of allylic oxidation sites excluding steroid dienone is 2. The minimum atomic E-state index is -2.10. The Kier molecular flexibility index (Phi) is 6.69. The average Bonchev–Trinajstić information content (AvgIpc) is 3.28. The maximum atomic E-state index is 11.3. The third-order valence-corrected chi connectivity index (χ3v) is 12.4. The molecule has 0 N–H and O–H groups in total. The predicted octanol–water partition coefficient (Wildman–Crippen LogP) is 5.76. The number of carbonyl (C=O) groups is 1. The minimum absolute atomic E-state index is 0.190. The van der Waals surface area contributed by atoms with E-state index in [0.29, 0.717) is 37.4 Å². The summed E-state index contributed by atoms with van der Waals surface area (Å²) < 4.78 is 19.8. The van der Waals surface area contributed by atoms with E-state index in [-0.39, 0.29) is 11.5 Å². The Morgan fingerprint density at radius 3 is 2.56 bits per heavy atom. The lowest BCUT2D eigenvalue weighted by molar-refractivity contribution is -0.236. The highest BCUT2D eigenvalue weighted by Crippen LogP contribution is 2.63. The lowest BCUT2D eigenvalue weighted by Gasteiger charge is -2.61. The number of hydrogen-bond acceptors (Lipinski definition) is 4. The molecule has 1 saturated heterocycles. The molecule has 186 valence electrons. The lowest BCUT2D eigenvalue weighted by Crippen LogP contribution is -2.60. The molecule has 4 aliphatic rings. The second kappa shape index (κ2) is 9.31. The van der Waals surface area contributed by atoms with Crippen LogP contribution in [0.3, 0.4) is 0 Å². The molecule has 0 unspecified atom stereocenters. The zero-order valence-electron chi connectivity index (χ0n) is 21.5. The van der Waals surface area contributed by atoms with Crippen LogP contribution in [-0.2, 0) is 18.7 Å². The van der Waals surface area contributed by atoms with Gasteiger partial charge in [-0.15, -0.1) is 0 Å². The molecule has 4 nitrogen and oxygen atoms in total. The standard InChI is InChI=1S/C29H42O4Si/c1-21-12-13-25-24(23(21)11-8-16-30)19-27(33-34(3,4)22-9-6-5-7-10-22)26-20-29(31-17-18-32-29)15-14-28(25,26)2/h5-7,9-10,16,24-27H,8,11-15,17-20H2,1-4H3/t24-,25-,26-,27+,28+/m0/s1. The smallest absolute Gasteiger partial charge is 0.218 e. The molecule has 1 aromatic rings. The van der Waals surface area contributed by atoms with E-state index in [0.717, 1.165) is 38.4 Å². The summed E-state index contributed by atoms with van der Waals surface area (Å²) in [6, 6.07) is 10.8. The summed E-state index contributed by atoms with van der Waals surface area (Å²) in [5.74, 6) is 1.21. The third kappa shape index (κ3) is 4.27. The van der Waals surface area contributed by atoms with Crippen LogP contribution in [-0.4, -0.2) is 39.7 Å². The first kappa shape index (κ1) is 24.4. The molecule has 0 radical (unpaired) electrons. The van der Waals surface area contributed by atoms with Gasteiger partial charge >= 0.3 is 0 Å². The molecule has 3 fully saturated rings. The first-order valence-corrected chi connectivity index (χ1v) is 16.3. The van der Waals surface area contributed by atoms with Gasteiger partial charge in [-0.25, -0.2) is 0 Å². The number of carbonyl (C=O) groups excluding carboxylic acids is 1. The molecule has 34 heavy (non-hydrogen) atoms. The number of benzene rings is 1. The van der Waals surface area contributed by atoms with Gasteiger partial charge < -0.3 is 18.7 Å². The quantitative estimate of drug-likeness (QED) is 0.294. The molecular formula is C29H42O4Si. The first-order valence-electron chi connectivity index (χ1n) is 13.4. The summed E-state index contributed by atoms with van der Waals surface area (Å²) in [4.78, 5) is 11.3. The number of aldehydes is 1. The number of ether oxygens (including phenoxy) is 2. The summed E-state index contributed by atoms with van der Waals surface area (Å²) in [6.45, 7) is 11.0. The predicted molar refractivity (Wildman–Crippen MR) is 137 cm³/mol. The van der Waals surface area contributed by atoms with Crippen molar-refractivity contribution >= 4 is 19.8 Å². The highest BCUT2D eigenvalue weighted by molar-refractivity contribution is 6.84. The largest absolute Gasteiger partial charge is 0.410 e. The van der Waals surface area contributed by atoms with Crippen molar-refractivity contribution in [2.45, 2.75) is 90.2 Å². The van der Waals surface area contributed by atoms with E-state index in [4.69, 9.17) is 13.9 Å². The van der Waals surface area contributed by atoms with Crippen molar-refractivity contribution < 1.29 is 18.7 Å². The summed E-state index contributed by atoms with van der Waals surface area (Å²) in [7, 11) is -2.10. The molecule has 0 aromatic heterocycles.